The second-order valence-electron chi connectivity index (χ2n) is 7.67. The Kier molecular flexibility index (Phi) is 7.06. The van der Waals surface area contributed by atoms with Gasteiger partial charge in [0.2, 0.25) is 5.28 Å². The summed E-state index contributed by atoms with van der Waals surface area (Å²) >= 11 is 16.0. The average molecular weight is 526 g/mol. The summed E-state index contributed by atoms with van der Waals surface area (Å²) in [5.74, 6) is 2.34. The van der Waals surface area contributed by atoms with Crippen molar-refractivity contribution in [1.29, 1.82) is 0 Å². The minimum atomic E-state index is 0.134. The predicted octanol–water partition coefficient (Wildman–Crippen LogP) is 6.17. The Bertz CT molecular complexity index is 1090. The molecule has 0 atom stereocenters. The van der Waals surface area contributed by atoms with Crippen LogP contribution >= 0.6 is 39.1 Å². The summed E-state index contributed by atoms with van der Waals surface area (Å²) in [6, 6.07) is 9.29. The first-order chi connectivity index (χ1) is 14.9. The van der Waals surface area contributed by atoms with Gasteiger partial charge >= 0.3 is 0 Å². The van der Waals surface area contributed by atoms with Gasteiger partial charge in [-0.1, -0.05) is 27.5 Å². The lowest BCUT2D eigenvalue weighted by atomic mass is 9.98. The van der Waals surface area contributed by atoms with Gasteiger partial charge in [0.05, 0.1) is 29.9 Å². The molecule has 1 N–H and O–H groups in total. The number of hydrogen-bond acceptors (Lipinski definition) is 6. The molecule has 9 heteroatoms. The van der Waals surface area contributed by atoms with Crippen LogP contribution in [0.4, 0.5) is 11.5 Å². The average Bonchev–Trinajstić information content (AvgIpc) is 2.74. The molecule has 0 saturated carbocycles. The molecule has 0 unspecified atom stereocenters. The number of ether oxygens (including phenoxy) is 2. The Morgan fingerprint density at radius 1 is 1.13 bits per heavy atom. The number of methoxy groups -OCH3 is 1. The van der Waals surface area contributed by atoms with Crippen LogP contribution in [0, 0.1) is 5.92 Å². The molecule has 1 aliphatic rings. The zero-order valence-corrected chi connectivity index (χ0v) is 20.4. The van der Waals surface area contributed by atoms with Gasteiger partial charge in [-0.15, -0.1) is 0 Å². The number of aromatic nitrogens is 2. The van der Waals surface area contributed by atoms with E-state index in [-0.39, 0.29) is 5.28 Å². The molecule has 0 bridgehead atoms. The van der Waals surface area contributed by atoms with Gasteiger partial charge in [0, 0.05) is 15.9 Å². The third kappa shape index (κ3) is 5.34. The highest BCUT2D eigenvalue weighted by Crippen LogP contribution is 2.37. The van der Waals surface area contributed by atoms with E-state index in [4.69, 9.17) is 32.7 Å². The van der Waals surface area contributed by atoms with E-state index < -0.39 is 0 Å². The standard InChI is InChI=1S/C22H23BrCl2N4O2/c1-29-7-5-13(6-8-29)12-31-20-11-18-15(10-19(20)30-2)21(28-22(25)27-18)26-17-4-3-14(23)9-16(17)24/h3-4,9-11,13H,5-8,12H2,1-2H3,(H,26,27,28). The van der Waals surface area contributed by atoms with Crippen LogP contribution in [0.5, 0.6) is 11.5 Å². The molecule has 0 radical (unpaired) electrons. The van der Waals surface area contributed by atoms with Crippen LogP contribution in [0.1, 0.15) is 12.8 Å². The molecule has 2 heterocycles. The van der Waals surface area contributed by atoms with E-state index in [2.05, 4.69) is 43.2 Å². The highest BCUT2D eigenvalue weighted by Gasteiger charge is 2.19. The molecule has 2 aromatic carbocycles. The van der Waals surface area contributed by atoms with Crippen molar-refractivity contribution < 1.29 is 9.47 Å². The summed E-state index contributed by atoms with van der Waals surface area (Å²) in [6.45, 7) is 2.84. The Labute approximate surface area is 200 Å². The minimum absolute atomic E-state index is 0.134. The molecule has 1 fully saturated rings. The third-order valence-electron chi connectivity index (χ3n) is 5.45. The molecule has 0 spiro atoms. The molecule has 1 aliphatic heterocycles. The second kappa shape index (κ2) is 9.77. The zero-order valence-electron chi connectivity index (χ0n) is 17.3. The molecule has 0 aliphatic carbocycles. The quantitative estimate of drug-likeness (QED) is 0.388. The van der Waals surface area contributed by atoms with Crippen LogP contribution in [-0.2, 0) is 0 Å². The maximum Gasteiger partial charge on any atom is 0.224 e. The van der Waals surface area contributed by atoms with Gasteiger partial charge in [-0.25, -0.2) is 4.98 Å². The monoisotopic (exact) mass is 524 g/mol. The van der Waals surface area contributed by atoms with E-state index >= 15 is 0 Å². The molecule has 6 nitrogen and oxygen atoms in total. The van der Waals surface area contributed by atoms with E-state index in [1.807, 2.05) is 30.3 Å². The summed E-state index contributed by atoms with van der Waals surface area (Å²) in [4.78, 5) is 11.1. The molecule has 0 amide bonds. The summed E-state index contributed by atoms with van der Waals surface area (Å²) in [5.41, 5.74) is 1.37. The normalized spacial score (nSPS) is 15.3. The third-order valence-corrected chi connectivity index (χ3v) is 6.43. The molecule has 164 valence electrons. The highest BCUT2D eigenvalue weighted by atomic mass is 79.9. The van der Waals surface area contributed by atoms with Crippen molar-refractivity contribution in [3.8, 4) is 11.5 Å². The van der Waals surface area contributed by atoms with Crippen molar-refractivity contribution in [1.82, 2.24) is 14.9 Å². The number of piperidine rings is 1. The van der Waals surface area contributed by atoms with Crippen LogP contribution < -0.4 is 14.8 Å². The fourth-order valence-corrected chi connectivity index (χ4v) is 4.53. The number of anilines is 2. The van der Waals surface area contributed by atoms with Crippen molar-refractivity contribution in [2.24, 2.45) is 5.92 Å². The minimum Gasteiger partial charge on any atom is -0.493 e. The lowest BCUT2D eigenvalue weighted by Crippen LogP contribution is -2.32. The van der Waals surface area contributed by atoms with Crippen LogP contribution in [0.15, 0.2) is 34.8 Å². The maximum absolute atomic E-state index is 6.36. The first kappa shape index (κ1) is 22.4. The van der Waals surface area contributed by atoms with Crippen LogP contribution in [-0.4, -0.2) is 48.7 Å². The summed E-state index contributed by atoms with van der Waals surface area (Å²) in [5, 5.41) is 4.70. The number of nitrogens with one attached hydrogen (secondary N) is 1. The van der Waals surface area contributed by atoms with Gasteiger partial charge in [0.15, 0.2) is 11.5 Å². The van der Waals surface area contributed by atoms with E-state index in [1.54, 1.807) is 7.11 Å². The predicted molar refractivity (Wildman–Crippen MR) is 129 cm³/mol. The first-order valence-electron chi connectivity index (χ1n) is 10.0. The highest BCUT2D eigenvalue weighted by molar-refractivity contribution is 9.10. The number of nitrogens with zero attached hydrogens (tertiary/aromatic N) is 3. The van der Waals surface area contributed by atoms with Crippen molar-refractivity contribution in [2.45, 2.75) is 12.8 Å². The summed E-state index contributed by atoms with van der Waals surface area (Å²) < 4.78 is 12.6. The molecular weight excluding hydrogens is 503 g/mol. The number of fused-ring (bicyclic) bond motifs is 1. The molecule has 31 heavy (non-hydrogen) atoms. The Hall–Kier alpha value is -1.80. The van der Waals surface area contributed by atoms with Crippen LogP contribution in [0.25, 0.3) is 10.9 Å². The lowest BCUT2D eigenvalue weighted by Gasteiger charge is -2.28. The van der Waals surface area contributed by atoms with Gasteiger partial charge in [-0.3, -0.25) is 0 Å². The van der Waals surface area contributed by atoms with Crippen molar-refractivity contribution in [3.63, 3.8) is 0 Å². The summed E-state index contributed by atoms with van der Waals surface area (Å²) in [6.07, 6.45) is 2.25. The first-order valence-corrected chi connectivity index (χ1v) is 11.6. The molecule has 1 aromatic heterocycles. The molecular formula is C22H23BrCl2N4O2. The van der Waals surface area contributed by atoms with Gasteiger partial charge < -0.3 is 19.7 Å². The SMILES string of the molecule is COc1cc2c(Nc3ccc(Br)cc3Cl)nc(Cl)nc2cc1OCC1CCN(C)CC1. The van der Waals surface area contributed by atoms with Gasteiger partial charge in [0.25, 0.3) is 0 Å². The lowest BCUT2D eigenvalue weighted by molar-refractivity contribution is 0.157. The fraction of sp³-hybridized carbons (Fsp3) is 0.364. The second-order valence-corrected chi connectivity index (χ2v) is 9.33. The number of halogens is 3. The Morgan fingerprint density at radius 3 is 2.61 bits per heavy atom. The van der Waals surface area contributed by atoms with E-state index in [9.17, 15) is 0 Å². The molecule has 3 aromatic rings. The van der Waals surface area contributed by atoms with E-state index in [1.165, 1.54) is 0 Å². The smallest absolute Gasteiger partial charge is 0.224 e. The van der Waals surface area contributed by atoms with Gasteiger partial charge in [0.1, 0.15) is 5.82 Å². The number of rotatable bonds is 6. The summed E-state index contributed by atoms with van der Waals surface area (Å²) in [7, 11) is 3.78. The van der Waals surface area contributed by atoms with Crippen molar-refractivity contribution >= 4 is 61.5 Å². The largest absolute Gasteiger partial charge is 0.493 e. The molecule has 4 rings (SSSR count). The maximum atomic E-state index is 6.36. The van der Waals surface area contributed by atoms with E-state index in [0.717, 1.165) is 35.8 Å². The molecule has 1 saturated heterocycles. The van der Waals surface area contributed by atoms with Crippen LogP contribution in [0.2, 0.25) is 10.3 Å². The number of likely N-dealkylation sites (tertiary alicyclic amines) is 1. The number of benzene rings is 2. The van der Waals surface area contributed by atoms with Gasteiger partial charge in [-0.05, 0) is 74.8 Å². The van der Waals surface area contributed by atoms with Crippen molar-refractivity contribution in [2.75, 3.05) is 39.2 Å². The van der Waals surface area contributed by atoms with Crippen LogP contribution in [0.3, 0.4) is 0 Å². The number of hydrogen-bond donors (Lipinski definition) is 1. The zero-order chi connectivity index (χ0) is 22.0. The fourth-order valence-electron chi connectivity index (χ4n) is 3.63. The Balaban J connectivity index is 1.63. The van der Waals surface area contributed by atoms with E-state index in [0.29, 0.717) is 46.1 Å². The topological polar surface area (TPSA) is 59.5 Å². The Morgan fingerprint density at radius 2 is 1.90 bits per heavy atom. The van der Waals surface area contributed by atoms with Crippen molar-refractivity contribution in [3.05, 3.63) is 45.1 Å². The van der Waals surface area contributed by atoms with Gasteiger partial charge in [-0.2, -0.15) is 4.98 Å².